The normalized spacial score (nSPS) is 15.1. The van der Waals surface area contributed by atoms with Crippen molar-refractivity contribution >= 4 is 30.0 Å². The molecule has 0 saturated carbocycles. The number of hydrogen-bond acceptors (Lipinski definition) is 4. The van der Waals surface area contributed by atoms with Crippen LogP contribution in [0, 0.1) is 5.92 Å². The molecule has 0 aliphatic carbocycles. The Hall–Kier alpha value is -1.53. The second-order valence-corrected chi connectivity index (χ2v) is 4.96. The molecule has 0 atom stereocenters. The van der Waals surface area contributed by atoms with Crippen LogP contribution >= 0.6 is 12.4 Å². The number of ether oxygens (including phenoxy) is 1. The minimum atomic E-state index is -0.377. The molecule has 1 aliphatic heterocycles. The summed E-state index contributed by atoms with van der Waals surface area (Å²) in [5, 5.41) is 6.10. The number of nitrogens with one attached hydrogen (secondary N) is 2. The van der Waals surface area contributed by atoms with Crippen molar-refractivity contribution in [2.75, 3.05) is 25.0 Å². The molecule has 0 bridgehead atoms. The van der Waals surface area contributed by atoms with Gasteiger partial charge in [-0.05, 0) is 38.9 Å². The van der Waals surface area contributed by atoms with E-state index in [1.807, 2.05) is 0 Å². The summed E-state index contributed by atoms with van der Waals surface area (Å²) in [6.45, 7) is 3.85. The maximum atomic E-state index is 12.1. The van der Waals surface area contributed by atoms with Gasteiger partial charge in [-0.2, -0.15) is 0 Å². The second kappa shape index (κ2) is 8.05. The average Bonchev–Trinajstić information content (AvgIpc) is 2.81. The van der Waals surface area contributed by atoms with Crippen LogP contribution in [-0.4, -0.2) is 36.1 Å². The molecular formula is C14H22ClN3O3. The molecule has 2 N–H and O–H groups in total. The van der Waals surface area contributed by atoms with Gasteiger partial charge >= 0.3 is 5.97 Å². The first-order valence-electron chi connectivity index (χ1n) is 6.97. The topological polar surface area (TPSA) is 72.4 Å². The van der Waals surface area contributed by atoms with Crippen LogP contribution in [0.2, 0.25) is 0 Å². The van der Waals surface area contributed by atoms with Crippen LogP contribution < -0.4 is 10.6 Å². The van der Waals surface area contributed by atoms with Gasteiger partial charge in [0, 0.05) is 19.2 Å². The van der Waals surface area contributed by atoms with E-state index in [1.165, 1.54) is 0 Å². The largest absolute Gasteiger partial charge is 0.461 e. The summed E-state index contributed by atoms with van der Waals surface area (Å²) in [5.41, 5.74) is 1.08. The van der Waals surface area contributed by atoms with Crippen molar-refractivity contribution in [1.82, 2.24) is 9.88 Å². The van der Waals surface area contributed by atoms with Crippen molar-refractivity contribution in [3.05, 3.63) is 18.0 Å². The lowest BCUT2D eigenvalue weighted by Crippen LogP contribution is -2.34. The first-order valence-corrected chi connectivity index (χ1v) is 6.97. The van der Waals surface area contributed by atoms with Crippen molar-refractivity contribution in [2.24, 2.45) is 13.0 Å². The molecular weight excluding hydrogens is 294 g/mol. The molecule has 0 radical (unpaired) electrons. The smallest absolute Gasteiger partial charge is 0.355 e. The van der Waals surface area contributed by atoms with Crippen molar-refractivity contribution in [3.63, 3.8) is 0 Å². The van der Waals surface area contributed by atoms with Gasteiger partial charge in [-0.3, -0.25) is 4.79 Å². The number of halogens is 1. The number of aromatic nitrogens is 1. The van der Waals surface area contributed by atoms with E-state index in [9.17, 15) is 9.59 Å². The van der Waals surface area contributed by atoms with Gasteiger partial charge in [0.2, 0.25) is 5.91 Å². The lowest BCUT2D eigenvalue weighted by molar-refractivity contribution is -0.120. The Balaban J connectivity index is 0.00000220. The highest BCUT2D eigenvalue weighted by Crippen LogP contribution is 2.18. The zero-order valence-corrected chi connectivity index (χ0v) is 13.2. The average molecular weight is 316 g/mol. The minimum absolute atomic E-state index is 0. The Morgan fingerprint density at radius 3 is 2.71 bits per heavy atom. The molecule has 21 heavy (non-hydrogen) atoms. The van der Waals surface area contributed by atoms with Crippen LogP contribution in [0.3, 0.4) is 0 Å². The van der Waals surface area contributed by atoms with Crippen LogP contribution in [0.5, 0.6) is 0 Å². The molecule has 2 heterocycles. The molecule has 118 valence electrons. The Morgan fingerprint density at radius 2 is 2.10 bits per heavy atom. The molecule has 1 fully saturated rings. The minimum Gasteiger partial charge on any atom is -0.461 e. The van der Waals surface area contributed by atoms with Crippen LogP contribution in [0.1, 0.15) is 30.3 Å². The monoisotopic (exact) mass is 315 g/mol. The fraction of sp³-hybridized carbons (Fsp3) is 0.571. The lowest BCUT2D eigenvalue weighted by atomic mass is 9.97. The van der Waals surface area contributed by atoms with Gasteiger partial charge in [0.25, 0.3) is 0 Å². The number of piperidine rings is 1. The van der Waals surface area contributed by atoms with Crippen LogP contribution in [0.15, 0.2) is 12.3 Å². The van der Waals surface area contributed by atoms with Gasteiger partial charge in [0.15, 0.2) is 0 Å². The van der Waals surface area contributed by atoms with Gasteiger partial charge in [-0.1, -0.05) is 0 Å². The SMILES string of the molecule is CCOC(=O)c1cc(NC(=O)C2CCNCC2)cn1C.Cl. The zero-order chi connectivity index (χ0) is 14.5. The van der Waals surface area contributed by atoms with E-state index >= 15 is 0 Å². The van der Waals surface area contributed by atoms with E-state index in [0.29, 0.717) is 18.0 Å². The van der Waals surface area contributed by atoms with Crippen molar-refractivity contribution in [2.45, 2.75) is 19.8 Å². The van der Waals surface area contributed by atoms with Gasteiger partial charge < -0.3 is 19.9 Å². The third kappa shape index (κ3) is 4.47. The molecule has 6 nitrogen and oxygen atoms in total. The second-order valence-electron chi connectivity index (χ2n) is 4.96. The van der Waals surface area contributed by atoms with E-state index in [-0.39, 0.29) is 30.2 Å². The summed E-state index contributed by atoms with van der Waals surface area (Å²) < 4.78 is 6.63. The van der Waals surface area contributed by atoms with Crippen molar-refractivity contribution in [1.29, 1.82) is 0 Å². The third-order valence-corrected chi connectivity index (χ3v) is 3.47. The maximum absolute atomic E-state index is 12.1. The third-order valence-electron chi connectivity index (χ3n) is 3.47. The van der Waals surface area contributed by atoms with Crippen molar-refractivity contribution in [3.8, 4) is 0 Å². The summed E-state index contributed by atoms with van der Waals surface area (Å²) >= 11 is 0. The number of carbonyl (C=O) groups is 2. The molecule has 0 unspecified atom stereocenters. The number of amides is 1. The number of rotatable bonds is 4. The van der Waals surface area contributed by atoms with Gasteiger partial charge in [0.1, 0.15) is 5.69 Å². The summed E-state index contributed by atoms with van der Waals surface area (Å²) in [7, 11) is 1.76. The number of esters is 1. The highest BCUT2D eigenvalue weighted by Gasteiger charge is 2.22. The predicted octanol–water partition coefficient (Wildman–Crippen LogP) is 1.56. The van der Waals surface area contributed by atoms with Crippen LogP contribution in [0.4, 0.5) is 5.69 Å². The van der Waals surface area contributed by atoms with Crippen LogP contribution in [0.25, 0.3) is 0 Å². The fourth-order valence-corrected chi connectivity index (χ4v) is 2.37. The van der Waals surface area contributed by atoms with Gasteiger partial charge in [-0.15, -0.1) is 12.4 Å². The maximum Gasteiger partial charge on any atom is 0.355 e. The van der Waals surface area contributed by atoms with E-state index < -0.39 is 0 Å². The molecule has 7 heteroatoms. The van der Waals surface area contributed by atoms with E-state index in [1.54, 1.807) is 30.8 Å². The Labute approximate surface area is 130 Å². The van der Waals surface area contributed by atoms with Gasteiger partial charge in [0.05, 0.1) is 12.3 Å². The number of hydrogen-bond donors (Lipinski definition) is 2. The number of anilines is 1. The Bertz CT molecular complexity index is 496. The summed E-state index contributed by atoms with van der Waals surface area (Å²) in [6.07, 6.45) is 3.43. The van der Waals surface area contributed by atoms with Crippen molar-refractivity contribution < 1.29 is 14.3 Å². The van der Waals surface area contributed by atoms with E-state index in [0.717, 1.165) is 25.9 Å². The molecule has 1 amide bonds. The highest BCUT2D eigenvalue weighted by molar-refractivity contribution is 5.95. The summed E-state index contributed by atoms with van der Waals surface area (Å²) in [4.78, 5) is 23.8. The molecule has 1 saturated heterocycles. The van der Waals surface area contributed by atoms with Crippen LogP contribution in [-0.2, 0) is 16.6 Å². The lowest BCUT2D eigenvalue weighted by Gasteiger charge is -2.21. The fourth-order valence-electron chi connectivity index (χ4n) is 2.37. The zero-order valence-electron chi connectivity index (χ0n) is 12.3. The van der Waals surface area contributed by atoms with E-state index in [2.05, 4.69) is 10.6 Å². The molecule has 1 aromatic heterocycles. The van der Waals surface area contributed by atoms with E-state index in [4.69, 9.17) is 4.74 Å². The van der Waals surface area contributed by atoms with Gasteiger partial charge in [-0.25, -0.2) is 4.79 Å². The summed E-state index contributed by atoms with van der Waals surface area (Å²) in [6, 6.07) is 1.65. The molecule has 1 aliphatic rings. The summed E-state index contributed by atoms with van der Waals surface area (Å²) in [5.74, 6) is -0.313. The highest BCUT2D eigenvalue weighted by atomic mass is 35.5. The molecule has 0 aromatic carbocycles. The predicted molar refractivity (Wildman–Crippen MR) is 82.8 cm³/mol. The molecule has 1 aromatic rings. The first kappa shape index (κ1) is 17.5. The number of nitrogens with zero attached hydrogens (tertiary/aromatic N) is 1. The Kier molecular flexibility index (Phi) is 6.71. The molecule has 2 rings (SSSR count). The quantitative estimate of drug-likeness (QED) is 0.827. The standard InChI is InChI=1S/C14H21N3O3.ClH/c1-3-20-14(19)12-8-11(9-17(12)2)16-13(18)10-4-6-15-7-5-10;/h8-10,15H,3-7H2,1-2H3,(H,16,18);1H. The first-order chi connectivity index (χ1) is 9.61. The number of carbonyl (C=O) groups excluding carboxylic acids is 2. The molecule has 0 spiro atoms. The Morgan fingerprint density at radius 1 is 1.43 bits per heavy atom. The number of aryl methyl sites for hydroxylation is 1.